The van der Waals surface area contributed by atoms with Crippen molar-refractivity contribution in [3.05, 3.63) is 18.7 Å². The maximum atomic E-state index is 11.7. The quantitative estimate of drug-likeness (QED) is 0.725. The smallest absolute Gasteiger partial charge is 0.249 e. The van der Waals surface area contributed by atoms with Crippen LogP contribution in [0.4, 0.5) is 0 Å². The minimum atomic E-state index is -0.327. The first-order chi connectivity index (χ1) is 8.29. The molecule has 1 aromatic rings. The molecule has 1 saturated heterocycles. The van der Waals surface area contributed by atoms with E-state index in [1.54, 1.807) is 12.5 Å². The summed E-state index contributed by atoms with van der Waals surface area (Å²) >= 11 is 0. The predicted octanol–water partition coefficient (Wildman–Crippen LogP) is -0.494. The molecule has 3 N–H and O–H groups in total. The van der Waals surface area contributed by atoms with E-state index in [1.807, 2.05) is 10.8 Å². The van der Waals surface area contributed by atoms with Gasteiger partial charge in [-0.25, -0.2) is 4.98 Å². The second kappa shape index (κ2) is 5.79. The van der Waals surface area contributed by atoms with Crippen molar-refractivity contribution in [3.8, 4) is 0 Å². The van der Waals surface area contributed by atoms with Gasteiger partial charge >= 0.3 is 0 Å². The van der Waals surface area contributed by atoms with Crippen molar-refractivity contribution in [3.63, 3.8) is 0 Å². The highest BCUT2D eigenvalue weighted by atomic mass is 16.5. The lowest BCUT2D eigenvalue weighted by Gasteiger charge is -2.12. The SMILES string of the molecule is NC[C@H]1CC[C@@H](C(=O)NCCn2ccnc2)O1. The van der Waals surface area contributed by atoms with E-state index < -0.39 is 0 Å². The van der Waals surface area contributed by atoms with Crippen molar-refractivity contribution in [2.75, 3.05) is 13.1 Å². The van der Waals surface area contributed by atoms with E-state index >= 15 is 0 Å². The molecule has 0 bridgehead atoms. The van der Waals surface area contributed by atoms with Crippen molar-refractivity contribution in [1.82, 2.24) is 14.9 Å². The van der Waals surface area contributed by atoms with E-state index in [0.717, 1.165) is 19.4 Å². The normalized spacial score (nSPS) is 23.8. The summed E-state index contributed by atoms with van der Waals surface area (Å²) in [5.41, 5.74) is 5.49. The number of hydrogen-bond acceptors (Lipinski definition) is 4. The largest absolute Gasteiger partial charge is 0.364 e. The van der Waals surface area contributed by atoms with Gasteiger partial charge < -0.3 is 20.4 Å². The van der Waals surface area contributed by atoms with Crippen molar-refractivity contribution >= 4 is 5.91 Å². The molecule has 2 rings (SSSR count). The average Bonchev–Trinajstić information content (AvgIpc) is 2.99. The number of hydrogen-bond donors (Lipinski definition) is 2. The average molecular weight is 238 g/mol. The van der Waals surface area contributed by atoms with Crippen LogP contribution in [-0.4, -0.2) is 40.8 Å². The molecular weight excluding hydrogens is 220 g/mol. The third-order valence-corrected chi connectivity index (χ3v) is 2.89. The van der Waals surface area contributed by atoms with Crippen molar-refractivity contribution in [2.24, 2.45) is 5.73 Å². The van der Waals surface area contributed by atoms with Crippen LogP contribution in [0.25, 0.3) is 0 Å². The zero-order valence-corrected chi connectivity index (χ0v) is 9.71. The van der Waals surface area contributed by atoms with Crippen LogP contribution in [0.3, 0.4) is 0 Å². The summed E-state index contributed by atoms with van der Waals surface area (Å²) in [6.45, 7) is 1.79. The number of ether oxygens (including phenoxy) is 1. The lowest BCUT2D eigenvalue weighted by atomic mass is 10.2. The predicted molar refractivity (Wildman–Crippen MR) is 62.2 cm³/mol. The number of imidazole rings is 1. The summed E-state index contributed by atoms with van der Waals surface area (Å²) in [5.74, 6) is -0.0407. The second-order valence-corrected chi connectivity index (χ2v) is 4.15. The molecular formula is C11H18N4O2. The van der Waals surface area contributed by atoms with Gasteiger partial charge in [-0.1, -0.05) is 0 Å². The van der Waals surface area contributed by atoms with E-state index in [4.69, 9.17) is 10.5 Å². The molecule has 94 valence electrons. The van der Waals surface area contributed by atoms with Gasteiger partial charge in [0.25, 0.3) is 0 Å². The fourth-order valence-corrected chi connectivity index (χ4v) is 1.91. The second-order valence-electron chi connectivity index (χ2n) is 4.15. The Morgan fingerprint density at radius 2 is 2.47 bits per heavy atom. The number of amides is 1. The fourth-order valence-electron chi connectivity index (χ4n) is 1.91. The Labute approximate surface area is 100 Å². The Morgan fingerprint density at radius 1 is 1.59 bits per heavy atom. The van der Waals surface area contributed by atoms with Gasteiger partial charge in [-0.3, -0.25) is 4.79 Å². The third kappa shape index (κ3) is 3.28. The van der Waals surface area contributed by atoms with Gasteiger partial charge in [0.2, 0.25) is 5.91 Å². The molecule has 0 spiro atoms. The molecule has 1 aliphatic rings. The Bertz CT molecular complexity index is 352. The Balaban J connectivity index is 1.67. The Hall–Kier alpha value is -1.40. The van der Waals surface area contributed by atoms with Crippen LogP contribution in [0.15, 0.2) is 18.7 Å². The number of rotatable bonds is 5. The topological polar surface area (TPSA) is 82.2 Å². The molecule has 1 aromatic heterocycles. The molecule has 2 heterocycles. The molecule has 0 aliphatic carbocycles. The standard InChI is InChI=1S/C11H18N4O2/c12-7-9-1-2-10(17-9)11(16)14-4-6-15-5-3-13-8-15/h3,5,8-10H,1-2,4,6-7,12H2,(H,14,16)/t9-,10+/m1/s1. The summed E-state index contributed by atoms with van der Waals surface area (Å²) in [7, 11) is 0. The molecule has 2 atom stereocenters. The van der Waals surface area contributed by atoms with Gasteiger partial charge in [-0.05, 0) is 12.8 Å². The summed E-state index contributed by atoms with van der Waals surface area (Å²) in [5, 5.41) is 2.85. The van der Waals surface area contributed by atoms with Crippen LogP contribution in [0, 0.1) is 0 Å². The molecule has 6 heteroatoms. The van der Waals surface area contributed by atoms with Crippen LogP contribution in [0.5, 0.6) is 0 Å². The minimum absolute atomic E-state index is 0.0407. The van der Waals surface area contributed by atoms with Crippen LogP contribution < -0.4 is 11.1 Å². The monoisotopic (exact) mass is 238 g/mol. The molecule has 6 nitrogen and oxygen atoms in total. The van der Waals surface area contributed by atoms with Crippen molar-refractivity contribution < 1.29 is 9.53 Å². The number of nitrogens with two attached hydrogens (primary N) is 1. The highest BCUT2D eigenvalue weighted by Crippen LogP contribution is 2.18. The number of nitrogens with one attached hydrogen (secondary N) is 1. The minimum Gasteiger partial charge on any atom is -0.364 e. The first-order valence-corrected chi connectivity index (χ1v) is 5.88. The van der Waals surface area contributed by atoms with Crippen molar-refractivity contribution in [1.29, 1.82) is 0 Å². The summed E-state index contributed by atoms with van der Waals surface area (Å²) in [4.78, 5) is 15.7. The summed E-state index contributed by atoms with van der Waals surface area (Å²) < 4.78 is 7.42. The molecule has 0 saturated carbocycles. The molecule has 0 unspecified atom stereocenters. The van der Waals surface area contributed by atoms with Gasteiger partial charge in [0, 0.05) is 32.0 Å². The van der Waals surface area contributed by atoms with Crippen molar-refractivity contribution in [2.45, 2.75) is 31.6 Å². The van der Waals surface area contributed by atoms with E-state index in [1.165, 1.54) is 0 Å². The Morgan fingerprint density at radius 3 is 3.12 bits per heavy atom. The van der Waals surface area contributed by atoms with E-state index in [-0.39, 0.29) is 18.1 Å². The zero-order chi connectivity index (χ0) is 12.1. The summed E-state index contributed by atoms with van der Waals surface area (Å²) in [6, 6.07) is 0. The molecule has 1 fully saturated rings. The first kappa shape index (κ1) is 12.1. The molecule has 1 aliphatic heterocycles. The molecule has 1 amide bonds. The fraction of sp³-hybridized carbons (Fsp3) is 0.636. The molecule has 0 radical (unpaired) electrons. The van der Waals surface area contributed by atoms with Crippen LogP contribution >= 0.6 is 0 Å². The van der Waals surface area contributed by atoms with E-state index in [2.05, 4.69) is 10.3 Å². The van der Waals surface area contributed by atoms with Gasteiger partial charge in [0.1, 0.15) is 6.10 Å². The number of carbonyl (C=O) groups excluding carboxylic acids is 1. The highest BCUT2D eigenvalue weighted by molar-refractivity contribution is 5.80. The molecule has 0 aromatic carbocycles. The van der Waals surface area contributed by atoms with Crippen LogP contribution in [0.2, 0.25) is 0 Å². The maximum absolute atomic E-state index is 11.7. The van der Waals surface area contributed by atoms with E-state index in [9.17, 15) is 4.79 Å². The van der Waals surface area contributed by atoms with Crippen LogP contribution in [-0.2, 0) is 16.1 Å². The summed E-state index contributed by atoms with van der Waals surface area (Å²) in [6.07, 6.45) is 6.65. The zero-order valence-electron chi connectivity index (χ0n) is 9.71. The lowest BCUT2D eigenvalue weighted by Crippen LogP contribution is -2.37. The number of aromatic nitrogens is 2. The van der Waals surface area contributed by atoms with Gasteiger partial charge in [-0.15, -0.1) is 0 Å². The van der Waals surface area contributed by atoms with Gasteiger partial charge in [-0.2, -0.15) is 0 Å². The third-order valence-electron chi connectivity index (χ3n) is 2.89. The van der Waals surface area contributed by atoms with Gasteiger partial charge in [0.05, 0.1) is 12.4 Å². The van der Waals surface area contributed by atoms with Crippen LogP contribution in [0.1, 0.15) is 12.8 Å². The maximum Gasteiger partial charge on any atom is 0.249 e. The molecule has 17 heavy (non-hydrogen) atoms. The number of carbonyl (C=O) groups is 1. The highest BCUT2D eigenvalue weighted by Gasteiger charge is 2.29. The lowest BCUT2D eigenvalue weighted by molar-refractivity contribution is -0.131. The first-order valence-electron chi connectivity index (χ1n) is 5.88. The van der Waals surface area contributed by atoms with E-state index in [0.29, 0.717) is 13.1 Å². The Kier molecular flexibility index (Phi) is 4.11. The number of nitrogens with zero attached hydrogens (tertiary/aromatic N) is 2. The van der Waals surface area contributed by atoms with Gasteiger partial charge in [0.15, 0.2) is 0 Å².